The lowest BCUT2D eigenvalue weighted by Gasteiger charge is -2.13. The number of H-pyrrole nitrogens is 1. The minimum absolute atomic E-state index is 0.436. The van der Waals surface area contributed by atoms with Crippen LogP contribution in [0.4, 0.5) is 0 Å². The van der Waals surface area contributed by atoms with Crippen LogP contribution in [0.3, 0.4) is 0 Å². The summed E-state index contributed by atoms with van der Waals surface area (Å²) in [5, 5.41) is 0.828. The zero-order valence-corrected chi connectivity index (χ0v) is 11.6. The molecule has 1 heterocycles. The molecule has 0 atom stereocenters. The van der Waals surface area contributed by atoms with Gasteiger partial charge in [-0.1, -0.05) is 30.3 Å². The van der Waals surface area contributed by atoms with Gasteiger partial charge in [-0.05, 0) is 17.7 Å². The molecule has 4 nitrogen and oxygen atoms in total. The van der Waals surface area contributed by atoms with Crippen LogP contribution in [0.1, 0.15) is 15.9 Å². The minimum atomic E-state index is 0.436. The highest BCUT2D eigenvalue weighted by Crippen LogP contribution is 2.37. The molecular formula is C17H15NO3. The van der Waals surface area contributed by atoms with Crippen molar-refractivity contribution in [3.63, 3.8) is 0 Å². The molecule has 0 radical (unpaired) electrons. The van der Waals surface area contributed by atoms with Crippen LogP contribution in [0.2, 0.25) is 0 Å². The number of aromatic nitrogens is 1. The van der Waals surface area contributed by atoms with Gasteiger partial charge in [-0.15, -0.1) is 0 Å². The number of fused-ring (bicyclic) bond motifs is 1. The highest BCUT2D eigenvalue weighted by Gasteiger charge is 2.15. The number of methoxy groups -OCH3 is 1. The standard InChI is InChI=1S/C17H15NO3/c1-20-15-9-13(10-19)14-7-8-18-16(14)17(15)21-11-12-5-3-2-4-6-12/h2-10,18H,11H2,1H3. The van der Waals surface area contributed by atoms with Gasteiger partial charge in [-0.25, -0.2) is 0 Å². The number of carbonyl (C=O) groups is 1. The first kappa shape index (κ1) is 13.2. The summed E-state index contributed by atoms with van der Waals surface area (Å²) in [6, 6.07) is 13.4. The number of aldehydes is 1. The summed E-state index contributed by atoms with van der Waals surface area (Å²) in [4.78, 5) is 14.3. The van der Waals surface area contributed by atoms with E-state index in [1.165, 1.54) is 0 Å². The second-order valence-electron chi connectivity index (χ2n) is 4.66. The number of benzene rings is 2. The molecule has 106 valence electrons. The Hall–Kier alpha value is -2.75. The number of hydrogen-bond acceptors (Lipinski definition) is 3. The van der Waals surface area contributed by atoms with Gasteiger partial charge in [0.2, 0.25) is 0 Å². The van der Waals surface area contributed by atoms with E-state index in [-0.39, 0.29) is 0 Å². The molecule has 4 heteroatoms. The van der Waals surface area contributed by atoms with Crippen LogP contribution in [0, 0.1) is 0 Å². The second kappa shape index (κ2) is 5.71. The first-order valence-electron chi connectivity index (χ1n) is 6.63. The van der Waals surface area contributed by atoms with Crippen LogP contribution < -0.4 is 9.47 Å². The number of carbonyl (C=O) groups excluding carboxylic acids is 1. The average Bonchev–Trinajstić information content (AvgIpc) is 3.02. The molecule has 0 aliphatic carbocycles. The lowest BCUT2D eigenvalue weighted by molar-refractivity contribution is 0.112. The predicted octanol–water partition coefficient (Wildman–Crippen LogP) is 3.57. The van der Waals surface area contributed by atoms with Gasteiger partial charge in [-0.3, -0.25) is 4.79 Å². The van der Waals surface area contributed by atoms with Gasteiger partial charge in [0.1, 0.15) is 6.61 Å². The zero-order chi connectivity index (χ0) is 14.7. The van der Waals surface area contributed by atoms with Crippen LogP contribution in [0.5, 0.6) is 11.5 Å². The van der Waals surface area contributed by atoms with Gasteiger partial charge >= 0.3 is 0 Å². The van der Waals surface area contributed by atoms with Crippen molar-refractivity contribution in [3.8, 4) is 11.5 Å². The fourth-order valence-corrected chi connectivity index (χ4v) is 2.33. The third kappa shape index (κ3) is 2.48. The van der Waals surface area contributed by atoms with E-state index in [9.17, 15) is 4.79 Å². The quantitative estimate of drug-likeness (QED) is 0.727. The minimum Gasteiger partial charge on any atom is -0.493 e. The summed E-state index contributed by atoms with van der Waals surface area (Å²) in [5.41, 5.74) is 2.42. The molecule has 0 bridgehead atoms. The Kier molecular flexibility index (Phi) is 3.60. The molecule has 0 saturated carbocycles. The Morgan fingerprint density at radius 3 is 2.71 bits per heavy atom. The summed E-state index contributed by atoms with van der Waals surface area (Å²) in [7, 11) is 1.56. The van der Waals surface area contributed by atoms with Crippen LogP contribution in [0.15, 0.2) is 48.7 Å². The van der Waals surface area contributed by atoms with E-state index in [0.29, 0.717) is 23.7 Å². The zero-order valence-electron chi connectivity index (χ0n) is 11.6. The molecule has 0 saturated heterocycles. The summed E-state index contributed by atoms with van der Waals surface area (Å²) in [5.74, 6) is 1.16. The number of aromatic amines is 1. The first-order chi connectivity index (χ1) is 10.3. The maximum absolute atomic E-state index is 11.2. The molecule has 1 N–H and O–H groups in total. The van der Waals surface area contributed by atoms with E-state index in [1.807, 2.05) is 36.4 Å². The fraction of sp³-hybridized carbons (Fsp3) is 0.118. The van der Waals surface area contributed by atoms with Crippen molar-refractivity contribution in [3.05, 3.63) is 59.8 Å². The van der Waals surface area contributed by atoms with E-state index >= 15 is 0 Å². The van der Waals surface area contributed by atoms with Gasteiger partial charge in [-0.2, -0.15) is 0 Å². The van der Waals surface area contributed by atoms with E-state index in [0.717, 1.165) is 22.8 Å². The van der Waals surface area contributed by atoms with Crippen molar-refractivity contribution in [1.29, 1.82) is 0 Å². The van der Waals surface area contributed by atoms with Crippen molar-refractivity contribution in [2.45, 2.75) is 6.61 Å². The van der Waals surface area contributed by atoms with Crippen LogP contribution in [-0.2, 0) is 6.61 Å². The summed E-state index contributed by atoms with van der Waals surface area (Å²) in [6.45, 7) is 0.436. The van der Waals surface area contributed by atoms with Gasteiger partial charge in [0, 0.05) is 17.1 Å². The Labute approximate surface area is 122 Å². The molecule has 0 aliphatic rings. The Bertz CT molecular complexity index is 762. The summed E-state index contributed by atoms with van der Waals surface area (Å²) >= 11 is 0. The monoisotopic (exact) mass is 281 g/mol. The van der Waals surface area contributed by atoms with Crippen molar-refractivity contribution in [1.82, 2.24) is 4.98 Å². The van der Waals surface area contributed by atoms with Crippen LogP contribution >= 0.6 is 0 Å². The lowest BCUT2D eigenvalue weighted by Crippen LogP contribution is -1.99. The molecule has 21 heavy (non-hydrogen) atoms. The smallest absolute Gasteiger partial charge is 0.185 e. The summed E-state index contributed by atoms with van der Waals surface area (Å²) < 4.78 is 11.3. The molecule has 1 aromatic heterocycles. The van der Waals surface area contributed by atoms with Crippen molar-refractivity contribution in [2.24, 2.45) is 0 Å². The molecule has 0 spiro atoms. The lowest BCUT2D eigenvalue weighted by atomic mass is 10.1. The average molecular weight is 281 g/mol. The van der Waals surface area contributed by atoms with Gasteiger partial charge in [0.25, 0.3) is 0 Å². The Morgan fingerprint density at radius 1 is 1.19 bits per heavy atom. The third-order valence-corrected chi connectivity index (χ3v) is 3.37. The van der Waals surface area contributed by atoms with Crippen LogP contribution in [0.25, 0.3) is 10.9 Å². The molecular weight excluding hydrogens is 266 g/mol. The Balaban J connectivity index is 2.00. The topological polar surface area (TPSA) is 51.3 Å². The van der Waals surface area contributed by atoms with Crippen molar-refractivity contribution >= 4 is 17.2 Å². The van der Waals surface area contributed by atoms with E-state index < -0.39 is 0 Å². The molecule has 0 aliphatic heterocycles. The van der Waals surface area contributed by atoms with Crippen molar-refractivity contribution < 1.29 is 14.3 Å². The largest absolute Gasteiger partial charge is 0.493 e. The Morgan fingerprint density at radius 2 is 2.00 bits per heavy atom. The molecule has 0 fully saturated rings. The van der Waals surface area contributed by atoms with Gasteiger partial charge < -0.3 is 14.5 Å². The third-order valence-electron chi connectivity index (χ3n) is 3.37. The molecule has 3 rings (SSSR count). The number of ether oxygens (including phenoxy) is 2. The van der Waals surface area contributed by atoms with Gasteiger partial charge in [0.05, 0.1) is 12.6 Å². The number of nitrogens with one attached hydrogen (secondary N) is 1. The highest BCUT2D eigenvalue weighted by atomic mass is 16.5. The molecule has 2 aromatic carbocycles. The number of hydrogen-bond donors (Lipinski definition) is 1. The molecule has 3 aromatic rings. The second-order valence-corrected chi connectivity index (χ2v) is 4.66. The van der Waals surface area contributed by atoms with Crippen molar-refractivity contribution in [2.75, 3.05) is 7.11 Å². The molecule has 0 unspecified atom stereocenters. The summed E-state index contributed by atoms with van der Waals surface area (Å²) in [6.07, 6.45) is 2.60. The first-order valence-corrected chi connectivity index (χ1v) is 6.63. The maximum atomic E-state index is 11.2. The number of rotatable bonds is 5. The fourth-order valence-electron chi connectivity index (χ4n) is 2.33. The molecule has 0 amide bonds. The van der Waals surface area contributed by atoms with E-state index in [4.69, 9.17) is 9.47 Å². The highest BCUT2D eigenvalue weighted by molar-refractivity contribution is 6.01. The van der Waals surface area contributed by atoms with Crippen LogP contribution in [-0.4, -0.2) is 18.4 Å². The van der Waals surface area contributed by atoms with E-state index in [1.54, 1.807) is 19.4 Å². The predicted molar refractivity (Wildman–Crippen MR) is 81.0 cm³/mol. The van der Waals surface area contributed by atoms with Gasteiger partial charge in [0.15, 0.2) is 17.8 Å². The van der Waals surface area contributed by atoms with E-state index in [2.05, 4.69) is 4.98 Å². The maximum Gasteiger partial charge on any atom is 0.185 e. The normalized spacial score (nSPS) is 10.5. The SMILES string of the molecule is COc1cc(C=O)c2cc[nH]c2c1OCc1ccccc1.